The molecule has 3 aromatic rings. The number of halogens is 2. The molecular weight excluding hydrogens is 520 g/mol. The van der Waals surface area contributed by atoms with Crippen LogP contribution in [0.3, 0.4) is 0 Å². The first-order valence-electron chi connectivity index (χ1n) is 13.2. The number of hydrogen-bond acceptors (Lipinski definition) is 9. The van der Waals surface area contributed by atoms with Crippen molar-refractivity contribution in [3.63, 3.8) is 0 Å². The average molecular weight is 558 g/mol. The minimum Gasteiger partial charge on any atom is -0.497 e. The van der Waals surface area contributed by atoms with Gasteiger partial charge in [-0.15, -0.1) is 0 Å². The minimum absolute atomic E-state index is 0.144. The fraction of sp³-hybridized carbons (Fsp3) is 0.448. The molecular formula is C29H37F2N5O4. The van der Waals surface area contributed by atoms with Gasteiger partial charge in [0.2, 0.25) is 6.43 Å². The molecule has 0 amide bonds. The molecule has 40 heavy (non-hydrogen) atoms. The maximum Gasteiger partial charge on any atom is 0.241 e. The maximum atomic E-state index is 13.4. The number of aromatic nitrogens is 2. The Labute approximate surface area is 233 Å². The molecule has 0 saturated heterocycles. The summed E-state index contributed by atoms with van der Waals surface area (Å²) < 4.78 is 48.8. The van der Waals surface area contributed by atoms with Gasteiger partial charge < -0.3 is 34.9 Å². The van der Waals surface area contributed by atoms with Crippen LogP contribution in [0.5, 0.6) is 23.0 Å². The predicted molar refractivity (Wildman–Crippen MR) is 151 cm³/mol. The first kappa shape index (κ1) is 29.0. The quantitative estimate of drug-likeness (QED) is 0.297. The van der Waals surface area contributed by atoms with Crippen LogP contribution in [-0.2, 0) is 13.1 Å². The first-order valence-corrected chi connectivity index (χ1v) is 13.2. The molecule has 4 rings (SSSR count). The first-order chi connectivity index (χ1) is 19.4. The molecule has 0 radical (unpaired) electrons. The van der Waals surface area contributed by atoms with E-state index in [2.05, 4.69) is 15.3 Å². The van der Waals surface area contributed by atoms with Crippen molar-refractivity contribution in [1.29, 1.82) is 0 Å². The van der Waals surface area contributed by atoms with E-state index in [-0.39, 0.29) is 6.04 Å². The number of alkyl halides is 2. The summed E-state index contributed by atoms with van der Waals surface area (Å²) in [7, 11) is 6.41. The van der Waals surface area contributed by atoms with E-state index in [1.807, 2.05) is 41.3 Å². The molecule has 2 aromatic carbocycles. The van der Waals surface area contributed by atoms with Crippen LogP contribution in [0.15, 0.2) is 42.7 Å². The molecule has 2 atom stereocenters. The van der Waals surface area contributed by atoms with E-state index in [1.54, 1.807) is 28.4 Å². The Morgan fingerprint density at radius 2 is 1.50 bits per heavy atom. The van der Waals surface area contributed by atoms with Gasteiger partial charge in [0.1, 0.15) is 35.0 Å². The number of nitrogens with two attached hydrogens (primary N) is 1. The van der Waals surface area contributed by atoms with Gasteiger partial charge in [0, 0.05) is 48.3 Å². The molecule has 9 nitrogen and oxygen atoms in total. The van der Waals surface area contributed by atoms with Gasteiger partial charge in [-0.2, -0.15) is 0 Å². The Morgan fingerprint density at radius 3 is 2.02 bits per heavy atom. The molecule has 1 aromatic heterocycles. The smallest absolute Gasteiger partial charge is 0.241 e. The highest BCUT2D eigenvalue weighted by Gasteiger charge is 2.29. The van der Waals surface area contributed by atoms with Gasteiger partial charge in [-0.05, 0) is 43.5 Å². The Balaban J connectivity index is 1.69. The lowest BCUT2D eigenvalue weighted by Gasteiger charge is -2.31. The number of benzene rings is 2. The van der Waals surface area contributed by atoms with Crippen molar-refractivity contribution in [3.8, 4) is 23.0 Å². The van der Waals surface area contributed by atoms with Crippen LogP contribution < -0.4 is 34.9 Å². The number of nitrogens with zero attached hydrogens (tertiary/aromatic N) is 3. The summed E-state index contributed by atoms with van der Waals surface area (Å²) in [5.41, 5.74) is 8.76. The summed E-state index contributed by atoms with van der Waals surface area (Å²) in [6.07, 6.45) is 1.50. The van der Waals surface area contributed by atoms with Gasteiger partial charge in [-0.3, -0.25) is 0 Å². The molecule has 0 bridgehead atoms. The van der Waals surface area contributed by atoms with Crippen LogP contribution in [0.25, 0.3) is 0 Å². The summed E-state index contributed by atoms with van der Waals surface area (Å²) in [5.74, 6) is 2.94. The normalized spacial score (nSPS) is 16.9. The lowest BCUT2D eigenvalue weighted by atomic mass is 9.86. The summed E-state index contributed by atoms with van der Waals surface area (Å²) >= 11 is 0. The standard InChI is InChI=1S/C29H37F2N5O4/c1-37-22-10-8-19(24(13-22)39-3)15-36(16-20-9-11-23(38-2)14-25(20)40-4)29-26(32)28(33-17-34-29)35-21-7-5-6-18(12-21)27(30)31/h8-11,13-14,17-18,21,27H,5-7,12,15-16,32H2,1-4H3,(H,33,34,35). The molecule has 216 valence electrons. The molecule has 11 heteroatoms. The topological polar surface area (TPSA) is 104 Å². The van der Waals surface area contributed by atoms with E-state index in [0.717, 1.165) is 24.0 Å². The maximum absolute atomic E-state index is 13.4. The van der Waals surface area contributed by atoms with E-state index in [0.29, 0.717) is 66.3 Å². The molecule has 3 N–H and O–H groups in total. The van der Waals surface area contributed by atoms with E-state index < -0.39 is 12.3 Å². The molecule has 1 aliphatic rings. The Hall–Kier alpha value is -4.02. The number of rotatable bonds is 12. The highest BCUT2D eigenvalue weighted by molar-refractivity contribution is 5.75. The summed E-state index contributed by atoms with van der Waals surface area (Å²) in [6, 6.07) is 11.1. The Kier molecular flexibility index (Phi) is 9.68. The van der Waals surface area contributed by atoms with Crippen molar-refractivity contribution >= 4 is 17.3 Å². The summed E-state index contributed by atoms with van der Waals surface area (Å²) in [4.78, 5) is 10.9. The van der Waals surface area contributed by atoms with E-state index in [9.17, 15) is 8.78 Å². The third-order valence-corrected chi connectivity index (χ3v) is 7.29. The van der Waals surface area contributed by atoms with Crippen molar-refractivity contribution in [2.24, 2.45) is 5.92 Å². The lowest BCUT2D eigenvalue weighted by Crippen LogP contribution is -2.31. The van der Waals surface area contributed by atoms with Crippen LogP contribution in [0.2, 0.25) is 0 Å². The fourth-order valence-electron chi connectivity index (χ4n) is 5.12. The Bertz CT molecular complexity index is 1220. The van der Waals surface area contributed by atoms with Crippen LogP contribution >= 0.6 is 0 Å². The van der Waals surface area contributed by atoms with Crippen LogP contribution in [0.4, 0.5) is 26.1 Å². The second kappa shape index (κ2) is 13.4. The van der Waals surface area contributed by atoms with Crippen molar-refractivity contribution in [1.82, 2.24) is 9.97 Å². The van der Waals surface area contributed by atoms with Crippen LogP contribution in [0.1, 0.15) is 36.8 Å². The predicted octanol–water partition coefficient (Wildman–Crippen LogP) is 5.54. The van der Waals surface area contributed by atoms with Crippen molar-refractivity contribution < 1.29 is 27.7 Å². The third kappa shape index (κ3) is 6.75. The molecule has 1 saturated carbocycles. The summed E-state index contributed by atoms with van der Waals surface area (Å²) in [5, 5.41) is 3.31. The van der Waals surface area contributed by atoms with Gasteiger partial charge in [0.05, 0.1) is 28.4 Å². The van der Waals surface area contributed by atoms with Gasteiger partial charge in [0.15, 0.2) is 11.6 Å². The van der Waals surface area contributed by atoms with E-state index in [1.165, 1.54) is 6.33 Å². The van der Waals surface area contributed by atoms with Gasteiger partial charge in [0.25, 0.3) is 0 Å². The van der Waals surface area contributed by atoms with Crippen LogP contribution in [-0.4, -0.2) is 50.9 Å². The molecule has 1 heterocycles. The monoisotopic (exact) mass is 557 g/mol. The van der Waals surface area contributed by atoms with Gasteiger partial charge in [-0.1, -0.05) is 6.42 Å². The zero-order valence-corrected chi connectivity index (χ0v) is 23.3. The van der Waals surface area contributed by atoms with Crippen molar-refractivity contribution in [3.05, 3.63) is 53.9 Å². The number of methoxy groups -OCH3 is 4. The molecule has 2 unspecified atom stereocenters. The average Bonchev–Trinajstić information content (AvgIpc) is 2.98. The van der Waals surface area contributed by atoms with Crippen LogP contribution in [0, 0.1) is 5.92 Å². The second-order valence-corrected chi connectivity index (χ2v) is 9.77. The highest BCUT2D eigenvalue weighted by atomic mass is 19.3. The second-order valence-electron chi connectivity index (χ2n) is 9.77. The zero-order chi connectivity index (χ0) is 28.6. The van der Waals surface area contributed by atoms with Gasteiger partial charge >= 0.3 is 0 Å². The number of anilines is 3. The molecule has 1 aliphatic carbocycles. The van der Waals surface area contributed by atoms with E-state index >= 15 is 0 Å². The highest BCUT2D eigenvalue weighted by Crippen LogP contribution is 2.36. The lowest BCUT2D eigenvalue weighted by molar-refractivity contribution is 0.0534. The van der Waals surface area contributed by atoms with Crippen molar-refractivity contribution in [2.45, 2.75) is 51.2 Å². The molecule has 0 aliphatic heterocycles. The van der Waals surface area contributed by atoms with Crippen molar-refractivity contribution in [2.75, 3.05) is 44.4 Å². The largest absolute Gasteiger partial charge is 0.497 e. The SMILES string of the molecule is COc1ccc(CN(Cc2ccc(OC)cc2OC)c2ncnc(NC3CCCC(C(F)F)C3)c2N)c(OC)c1. The van der Waals surface area contributed by atoms with Gasteiger partial charge in [-0.25, -0.2) is 18.7 Å². The molecule has 1 fully saturated rings. The fourth-order valence-corrected chi connectivity index (χ4v) is 5.12. The minimum atomic E-state index is -2.34. The summed E-state index contributed by atoms with van der Waals surface area (Å²) in [6.45, 7) is 0.778. The Morgan fingerprint density at radius 1 is 0.900 bits per heavy atom. The number of hydrogen-bond donors (Lipinski definition) is 2. The number of nitrogen functional groups attached to an aromatic ring is 1. The van der Waals surface area contributed by atoms with E-state index in [4.69, 9.17) is 24.7 Å². The molecule has 0 spiro atoms. The third-order valence-electron chi connectivity index (χ3n) is 7.29. The number of nitrogens with one attached hydrogen (secondary N) is 1. The zero-order valence-electron chi connectivity index (χ0n) is 23.3. The number of ether oxygens (including phenoxy) is 4.